The van der Waals surface area contributed by atoms with E-state index in [1.807, 2.05) is 6.92 Å². The maximum Gasteiger partial charge on any atom is 0.277 e. The summed E-state index contributed by atoms with van der Waals surface area (Å²) in [4.78, 5) is 12.0. The summed E-state index contributed by atoms with van der Waals surface area (Å²) in [6.45, 7) is 2.56. The zero-order valence-corrected chi connectivity index (χ0v) is 13.1. The highest BCUT2D eigenvalue weighted by molar-refractivity contribution is 9.10. The molecule has 2 aromatic rings. The molecule has 1 aromatic carbocycles. The van der Waals surface area contributed by atoms with Gasteiger partial charge in [0.2, 0.25) is 0 Å². The second-order valence-electron chi connectivity index (χ2n) is 3.76. The molecule has 0 saturated carbocycles. The van der Waals surface area contributed by atoms with Crippen LogP contribution in [0.25, 0.3) is 0 Å². The lowest BCUT2D eigenvalue weighted by Gasteiger charge is -2.05. The average molecular weight is 391 g/mol. The summed E-state index contributed by atoms with van der Waals surface area (Å²) in [6, 6.07) is 4.43. The fraction of sp³-hybridized carbons (Fsp3) is 0.167. The molecule has 1 aromatic heterocycles. The molecule has 0 saturated heterocycles. The van der Waals surface area contributed by atoms with Crippen LogP contribution in [0.2, 0.25) is 0 Å². The minimum absolute atomic E-state index is 0.117. The third-order valence-electron chi connectivity index (χ3n) is 2.44. The molecule has 0 aliphatic carbocycles. The number of aromatic nitrogens is 2. The van der Waals surface area contributed by atoms with Crippen LogP contribution in [0.15, 0.2) is 33.3 Å². The van der Waals surface area contributed by atoms with Gasteiger partial charge in [0.05, 0.1) is 10.2 Å². The number of amides is 1. The smallest absolute Gasteiger partial charge is 0.277 e. The molecule has 0 unspecified atom stereocenters. The zero-order chi connectivity index (χ0) is 14.0. The Morgan fingerprint density at radius 3 is 2.79 bits per heavy atom. The van der Waals surface area contributed by atoms with E-state index in [1.165, 1.54) is 12.1 Å². The van der Waals surface area contributed by atoms with Crippen LogP contribution < -0.4 is 5.32 Å². The average Bonchev–Trinajstić information content (AvgIpc) is 2.74. The lowest BCUT2D eigenvalue weighted by Crippen LogP contribution is -2.14. The maximum atomic E-state index is 13.6. The van der Waals surface area contributed by atoms with E-state index in [-0.39, 0.29) is 11.4 Å². The predicted octanol–water partition coefficient (Wildman–Crippen LogP) is 3.82. The molecular weight excluding hydrogens is 381 g/mol. The maximum absolute atomic E-state index is 13.6. The fourth-order valence-electron chi connectivity index (χ4n) is 1.49. The van der Waals surface area contributed by atoms with Gasteiger partial charge in [-0.2, -0.15) is 5.10 Å². The van der Waals surface area contributed by atoms with Crippen LogP contribution in [0.1, 0.15) is 17.4 Å². The Morgan fingerprint density at radius 2 is 2.21 bits per heavy atom. The number of nitrogens with one attached hydrogen (secondary N) is 1. The molecule has 0 radical (unpaired) electrons. The molecular formula is C12H10Br2FN3O. The Bertz CT molecular complexity index is 627. The first kappa shape index (κ1) is 14.2. The number of carbonyl (C=O) groups excluding carboxylic acids is 1. The van der Waals surface area contributed by atoms with Crippen molar-refractivity contribution in [1.29, 1.82) is 0 Å². The normalized spacial score (nSPS) is 10.5. The van der Waals surface area contributed by atoms with Gasteiger partial charge in [-0.3, -0.25) is 9.48 Å². The van der Waals surface area contributed by atoms with E-state index in [9.17, 15) is 9.18 Å². The largest absolute Gasteiger partial charge is 0.318 e. The van der Waals surface area contributed by atoms with E-state index in [0.29, 0.717) is 15.5 Å². The standard InChI is InChI=1S/C12H10Br2FN3O/c1-2-18-6-8(14)11(17-18)12(19)16-10-4-3-7(13)5-9(10)15/h3-6H,2H2,1H3,(H,16,19). The van der Waals surface area contributed by atoms with Crippen LogP contribution in [0.5, 0.6) is 0 Å². The van der Waals surface area contributed by atoms with Crippen molar-refractivity contribution >= 4 is 43.5 Å². The second kappa shape index (κ2) is 5.83. The van der Waals surface area contributed by atoms with Crippen LogP contribution in [-0.4, -0.2) is 15.7 Å². The van der Waals surface area contributed by atoms with Gasteiger partial charge in [0.15, 0.2) is 5.69 Å². The van der Waals surface area contributed by atoms with Gasteiger partial charge in [-0.25, -0.2) is 4.39 Å². The summed E-state index contributed by atoms with van der Waals surface area (Å²) in [6.07, 6.45) is 1.70. The summed E-state index contributed by atoms with van der Waals surface area (Å²) in [5, 5.41) is 6.59. The van der Waals surface area contributed by atoms with Crippen LogP contribution in [0.3, 0.4) is 0 Å². The molecule has 0 aliphatic heterocycles. The molecule has 1 heterocycles. The van der Waals surface area contributed by atoms with Crippen molar-refractivity contribution in [1.82, 2.24) is 9.78 Å². The molecule has 100 valence electrons. The van der Waals surface area contributed by atoms with Gasteiger partial charge in [0.1, 0.15) is 5.82 Å². The zero-order valence-electron chi connectivity index (χ0n) is 9.95. The first-order valence-corrected chi connectivity index (χ1v) is 7.09. The predicted molar refractivity (Wildman–Crippen MR) is 77.7 cm³/mol. The Labute approximate surface area is 126 Å². The highest BCUT2D eigenvalue weighted by atomic mass is 79.9. The van der Waals surface area contributed by atoms with E-state index in [1.54, 1.807) is 16.9 Å². The lowest BCUT2D eigenvalue weighted by molar-refractivity contribution is 0.102. The molecule has 0 spiro atoms. The number of benzene rings is 1. The third kappa shape index (κ3) is 3.22. The Kier molecular flexibility index (Phi) is 4.36. The lowest BCUT2D eigenvalue weighted by atomic mass is 10.3. The van der Waals surface area contributed by atoms with Gasteiger partial charge < -0.3 is 5.32 Å². The van der Waals surface area contributed by atoms with Crippen LogP contribution >= 0.6 is 31.9 Å². The summed E-state index contributed by atoms with van der Waals surface area (Å²) < 4.78 is 16.4. The number of nitrogens with zero attached hydrogens (tertiary/aromatic N) is 2. The Hall–Kier alpha value is -1.21. The highest BCUT2D eigenvalue weighted by Gasteiger charge is 2.16. The first-order chi connectivity index (χ1) is 9.01. The number of aryl methyl sites for hydroxylation is 1. The Balaban J connectivity index is 2.23. The van der Waals surface area contributed by atoms with Crippen molar-refractivity contribution < 1.29 is 9.18 Å². The summed E-state index contributed by atoms with van der Waals surface area (Å²) in [5.74, 6) is -0.964. The van der Waals surface area contributed by atoms with Crippen molar-refractivity contribution in [3.05, 3.63) is 44.9 Å². The van der Waals surface area contributed by atoms with Gasteiger partial charge in [0.25, 0.3) is 5.91 Å². The van der Waals surface area contributed by atoms with Crippen LogP contribution in [0.4, 0.5) is 10.1 Å². The number of rotatable bonds is 3. The molecule has 0 aliphatic rings. The summed E-state index contributed by atoms with van der Waals surface area (Å²) in [5.41, 5.74) is 0.343. The van der Waals surface area contributed by atoms with Crippen molar-refractivity contribution in [2.75, 3.05) is 5.32 Å². The van der Waals surface area contributed by atoms with Crippen molar-refractivity contribution in [2.24, 2.45) is 0 Å². The SMILES string of the molecule is CCn1cc(Br)c(C(=O)Nc2ccc(Br)cc2F)n1. The molecule has 19 heavy (non-hydrogen) atoms. The second-order valence-corrected chi connectivity index (χ2v) is 5.53. The molecule has 2 rings (SSSR count). The van der Waals surface area contributed by atoms with Gasteiger partial charge in [-0.05, 0) is 41.1 Å². The molecule has 1 N–H and O–H groups in total. The highest BCUT2D eigenvalue weighted by Crippen LogP contribution is 2.21. The quantitative estimate of drug-likeness (QED) is 0.865. The first-order valence-electron chi connectivity index (χ1n) is 5.50. The third-order valence-corrected chi connectivity index (χ3v) is 3.51. The molecule has 4 nitrogen and oxygen atoms in total. The molecule has 1 amide bonds. The van der Waals surface area contributed by atoms with E-state index >= 15 is 0 Å². The Morgan fingerprint density at radius 1 is 1.47 bits per heavy atom. The van der Waals surface area contributed by atoms with Gasteiger partial charge >= 0.3 is 0 Å². The van der Waals surface area contributed by atoms with Crippen molar-refractivity contribution in [2.45, 2.75) is 13.5 Å². The van der Waals surface area contributed by atoms with Crippen LogP contribution in [0, 0.1) is 5.82 Å². The van der Waals surface area contributed by atoms with Crippen LogP contribution in [-0.2, 0) is 6.54 Å². The number of carbonyl (C=O) groups is 1. The monoisotopic (exact) mass is 389 g/mol. The van der Waals surface area contributed by atoms with Crippen molar-refractivity contribution in [3.8, 4) is 0 Å². The number of halogens is 3. The topological polar surface area (TPSA) is 46.9 Å². The summed E-state index contributed by atoms with van der Waals surface area (Å²) in [7, 11) is 0. The number of hydrogen-bond donors (Lipinski definition) is 1. The molecule has 0 bridgehead atoms. The molecule has 0 fully saturated rings. The van der Waals surface area contributed by atoms with Crippen molar-refractivity contribution in [3.63, 3.8) is 0 Å². The molecule has 0 atom stereocenters. The van der Waals surface area contributed by atoms with E-state index in [2.05, 4.69) is 42.3 Å². The number of hydrogen-bond acceptors (Lipinski definition) is 2. The van der Waals surface area contributed by atoms with E-state index in [4.69, 9.17) is 0 Å². The van der Waals surface area contributed by atoms with E-state index in [0.717, 1.165) is 0 Å². The van der Waals surface area contributed by atoms with Gasteiger partial charge in [-0.1, -0.05) is 15.9 Å². The van der Waals surface area contributed by atoms with Gasteiger partial charge in [0, 0.05) is 17.2 Å². The fourth-order valence-corrected chi connectivity index (χ4v) is 2.31. The molecule has 7 heteroatoms. The number of anilines is 1. The minimum atomic E-state index is -0.506. The summed E-state index contributed by atoms with van der Waals surface area (Å²) >= 11 is 6.41. The van der Waals surface area contributed by atoms with Gasteiger partial charge in [-0.15, -0.1) is 0 Å². The minimum Gasteiger partial charge on any atom is -0.318 e. The van der Waals surface area contributed by atoms with E-state index < -0.39 is 11.7 Å².